The van der Waals surface area contributed by atoms with Crippen molar-refractivity contribution >= 4 is 17.0 Å². The molecule has 25 heavy (non-hydrogen) atoms. The molecule has 0 radical (unpaired) electrons. The number of aliphatic hydroxyl groups is 2. The number of imidazole rings is 1. The van der Waals surface area contributed by atoms with Crippen LogP contribution in [0.3, 0.4) is 0 Å². The minimum absolute atomic E-state index is 0.0607. The first-order valence-corrected chi connectivity index (χ1v) is 9.11. The maximum Gasteiger partial charge on any atom is 0.167 e. The lowest BCUT2D eigenvalue weighted by Crippen LogP contribution is -2.28. The molecule has 0 amide bonds. The predicted molar refractivity (Wildman–Crippen MR) is 92.0 cm³/mol. The van der Waals surface area contributed by atoms with Crippen LogP contribution in [0.1, 0.15) is 51.7 Å². The molecule has 0 spiro atoms. The number of anilines is 1. The van der Waals surface area contributed by atoms with Gasteiger partial charge in [-0.05, 0) is 32.1 Å². The van der Waals surface area contributed by atoms with Gasteiger partial charge in [0.05, 0.1) is 18.5 Å². The summed E-state index contributed by atoms with van der Waals surface area (Å²) < 4.78 is 7.74. The number of aromatic nitrogens is 4. The molecule has 8 nitrogen and oxygen atoms in total. The minimum Gasteiger partial charge on any atom is -0.393 e. The van der Waals surface area contributed by atoms with Gasteiger partial charge in [0.25, 0.3) is 0 Å². The minimum atomic E-state index is -0.562. The Bertz CT molecular complexity index is 728. The van der Waals surface area contributed by atoms with Crippen LogP contribution in [-0.2, 0) is 4.74 Å². The van der Waals surface area contributed by atoms with Gasteiger partial charge < -0.3 is 20.3 Å². The molecule has 0 bridgehead atoms. The van der Waals surface area contributed by atoms with Gasteiger partial charge in [-0.1, -0.05) is 6.92 Å². The summed E-state index contributed by atoms with van der Waals surface area (Å²) in [5.41, 5.74) is 1.35. The Balaban J connectivity index is 1.58. The Morgan fingerprint density at radius 2 is 2.00 bits per heavy atom. The van der Waals surface area contributed by atoms with Crippen molar-refractivity contribution in [3.8, 4) is 0 Å². The van der Waals surface area contributed by atoms with Gasteiger partial charge in [-0.2, -0.15) is 0 Å². The predicted octanol–water partition coefficient (Wildman–Crippen LogP) is 1.60. The van der Waals surface area contributed by atoms with Gasteiger partial charge >= 0.3 is 0 Å². The fourth-order valence-corrected chi connectivity index (χ4v) is 3.80. The fourth-order valence-electron chi connectivity index (χ4n) is 3.80. The highest BCUT2D eigenvalue weighted by molar-refractivity contribution is 5.82. The van der Waals surface area contributed by atoms with Gasteiger partial charge in [0.15, 0.2) is 23.2 Å². The van der Waals surface area contributed by atoms with Crippen molar-refractivity contribution in [2.24, 2.45) is 0 Å². The summed E-state index contributed by atoms with van der Waals surface area (Å²) >= 11 is 0. The normalized spacial score (nSPS) is 33.0. The van der Waals surface area contributed by atoms with E-state index in [0.717, 1.165) is 32.1 Å². The van der Waals surface area contributed by atoms with E-state index >= 15 is 0 Å². The van der Waals surface area contributed by atoms with Gasteiger partial charge in [0.1, 0.15) is 12.4 Å². The Hall–Kier alpha value is -1.77. The second-order valence-corrected chi connectivity index (χ2v) is 7.06. The molecule has 0 aromatic carbocycles. The van der Waals surface area contributed by atoms with Crippen molar-refractivity contribution in [2.75, 3.05) is 5.32 Å². The molecule has 3 heterocycles. The molecule has 3 N–H and O–H groups in total. The standard InChI is InChI=1S/C17H25N5O3/c1-2-12-7-13(24)17(25-12)22-9-20-14-15(18-8-19-16(14)22)21-10-3-5-11(23)6-4-10/h8-13,17,23-24H,2-7H2,1H3,(H,18,19,21)/t10?,11?,12-,13-,17-/m1/s1. The van der Waals surface area contributed by atoms with E-state index in [1.807, 2.05) is 0 Å². The van der Waals surface area contributed by atoms with Crippen LogP contribution in [0.5, 0.6) is 0 Å². The van der Waals surface area contributed by atoms with Crippen molar-refractivity contribution in [3.63, 3.8) is 0 Å². The van der Waals surface area contributed by atoms with E-state index in [1.54, 1.807) is 10.9 Å². The van der Waals surface area contributed by atoms with Crippen LogP contribution in [0.15, 0.2) is 12.7 Å². The SMILES string of the molecule is CC[C@@H]1C[C@@H](O)[C@H](n2cnc3c(NC4CCC(O)CC4)ncnc32)O1. The fraction of sp³-hybridized carbons (Fsp3) is 0.706. The Labute approximate surface area is 146 Å². The quantitative estimate of drug-likeness (QED) is 0.771. The smallest absolute Gasteiger partial charge is 0.167 e. The lowest BCUT2D eigenvalue weighted by Gasteiger charge is -2.26. The summed E-state index contributed by atoms with van der Waals surface area (Å²) in [5, 5.41) is 23.4. The zero-order chi connectivity index (χ0) is 17.4. The van der Waals surface area contributed by atoms with Crippen LogP contribution in [0, 0.1) is 0 Å². The van der Waals surface area contributed by atoms with E-state index in [4.69, 9.17) is 4.74 Å². The monoisotopic (exact) mass is 347 g/mol. The van der Waals surface area contributed by atoms with Crippen molar-refractivity contribution in [3.05, 3.63) is 12.7 Å². The summed E-state index contributed by atoms with van der Waals surface area (Å²) in [7, 11) is 0. The summed E-state index contributed by atoms with van der Waals surface area (Å²) in [5.74, 6) is 0.699. The van der Waals surface area contributed by atoms with Crippen molar-refractivity contribution in [1.82, 2.24) is 19.5 Å². The molecule has 1 aliphatic carbocycles. The molecule has 1 aliphatic heterocycles. The van der Waals surface area contributed by atoms with E-state index < -0.39 is 12.3 Å². The Morgan fingerprint density at radius 3 is 2.72 bits per heavy atom. The number of fused-ring (bicyclic) bond motifs is 1. The average molecular weight is 347 g/mol. The van der Waals surface area contributed by atoms with E-state index in [1.165, 1.54) is 6.33 Å². The maximum absolute atomic E-state index is 10.3. The molecule has 2 aromatic rings. The number of nitrogens with one attached hydrogen (secondary N) is 1. The number of ether oxygens (including phenoxy) is 1. The lowest BCUT2D eigenvalue weighted by molar-refractivity contribution is -0.0355. The molecular formula is C17H25N5O3. The second-order valence-electron chi connectivity index (χ2n) is 7.06. The summed E-state index contributed by atoms with van der Waals surface area (Å²) in [6.07, 6.45) is 6.97. The molecule has 8 heteroatoms. The number of hydrogen-bond donors (Lipinski definition) is 3. The Kier molecular flexibility index (Phi) is 4.58. The van der Waals surface area contributed by atoms with Crippen LogP contribution in [0.2, 0.25) is 0 Å². The largest absolute Gasteiger partial charge is 0.393 e. The van der Waals surface area contributed by atoms with E-state index in [9.17, 15) is 10.2 Å². The average Bonchev–Trinajstić information content (AvgIpc) is 3.20. The van der Waals surface area contributed by atoms with Crippen LogP contribution >= 0.6 is 0 Å². The summed E-state index contributed by atoms with van der Waals surface area (Å²) in [6, 6.07) is 0.282. The molecule has 2 fully saturated rings. The van der Waals surface area contributed by atoms with Gasteiger partial charge in [-0.3, -0.25) is 4.57 Å². The third kappa shape index (κ3) is 3.21. The molecule has 0 unspecified atom stereocenters. The van der Waals surface area contributed by atoms with Crippen LogP contribution in [-0.4, -0.2) is 54.1 Å². The molecule has 136 valence electrons. The van der Waals surface area contributed by atoms with Crippen LogP contribution in [0.25, 0.3) is 11.2 Å². The molecule has 1 saturated heterocycles. The van der Waals surface area contributed by atoms with Crippen molar-refractivity contribution in [1.29, 1.82) is 0 Å². The number of hydrogen-bond acceptors (Lipinski definition) is 7. The molecule has 3 atom stereocenters. The van der Waals surface area contributed by atoms with E-state index in [2.05, 4.69) is 27.2 Å². The molecule has 2 aliphatic rings. The molecule has 1 saturated carbocycles. The highest BCUT2D eigenvalue weighted by Gasteiger charge is 2.35. The van der Waals surface area contributed by atoms with E-state index in [-0.39, 0.29) is 18.2 Å². The number of nitrogens with zero attached hydrogens (tertiary/aromatic N) is 4. The van der Waals surface area contributed by atoms with Crippen molar-refractivity contribution < 1.29 is 14.9 Å². The van der Waals surface area contributed by atoms with Crippen molar-refractivity contribution in [2.45, 2.75) is 76.0 Å². The maximum atomic E-state index is 10.3. The summed E-state index contributed by atoms with van der Waals surface area (Å²) in [4.78, 5) is 13.2. The molecule has 2 aromatic heterocycles. The van der Waals surface area contributed by atoms with Crippen LogP contribution < -0.4 is 5.32 Å². The van der Waals surface area contributed by atoms with Gasteiger partial charge in [0, 0.05) is 12.5 Å². The number of rotatable bonds is 4. The third-order valence-corrected chi connectivity index (χ3v) is 5.29. The van der Waals surface area contributed by atoms with Gasteiger partial charge in [0.2, 0.25) is 0 Å². The molecular weight excluding hydrogens is 322 g/mol. The zero-order valence-electron chi connectivity index (χ0n) is 14.4. The number of aliphatic hydroxyl groups excluding tert-OH is 2. The zero-order valence-corrected chi connectivity index (χ0v) is 14.4. The second kappa shape index (κ2) is 6.86. The van der Waals surface area contributed by atoms with Gasteiger partial charge in [-0.15, -0.1) is 0 Å². The Morgan fingerprint density at radius 1 is 1.20 bits per heavy atom. The first-order chi connectivity index (χ1) is 12.2. The highest BCUT2D eigenvalue weighted by atomic mass is 16.5. The first-order valence-electron chi connectivity index (χ1n) is 9.11. The first kappa shape index (κ1) is 16.7. The summed E-state index contributed by atoms with van der Waals surface area (Å²) in [6.45, 7) is 2.05. The van der Waals surface area contributed by atoms with Gasteiger partial charge in [-0.25, -0.2) is 15.0 Å². The van der Waals surface area contributed by atoms with Crippen LogP contribution in [0.4, 0.5) is 5.82 Å². The highest BCUT2D eigenvalue weighted by Crippen LogP contribution is 2.33. The van der Waals surface area contributed by atoms with E-state index in [0.29, 0.717) is 23.4 Å². The molecule has 4 rings (SSSR count). The topological polar surface area (TPSA) is 105 Å². The lowest BCUT2D eigenvalue weighted by atomic mass is 9.93. The third-order valence-electron chi connectivity index (χ3n) is 5.29.